The smallest absolute Gasteiger partial charge is 0.141 e. The lowest BCUT2D eigenvalue weighted by Crippen LogP contribution is -2.29. The Balaban J connectivity index is 2.23. The number of hydrogen-bond donors (Lipinski definition) is 2. The Kier molecular flexibility index (Phi) is 5.00. The van der Waals surface area contributed by atoms with Gasteiger partial charge in [-0.25, -0.2) is 4.39 Å². The fourth-order valence-electron chi connectivity index (χ4n) is 2.00. The second-order valence-electron chi connectivity index (χ2n) is 4.68. The molecule has 0 heterocycles. The van der Waals surface area contributed by atoms with Crippen LogP contribution in [0.3, 0.4) is 0 Å². The molecule has 0 saturated carbocycles. The van der Waals surface area contributed by atoms with Crippen molar-refractivity contribution < 1.29 is 4.39 Å². The summed E-state index contributed by atoms with van der Waals surface area (Å²) in [6.07, 6.45) is 0.593. The van der Waals surface area contributed by atoms with Crippen molar-refractivity contribution in [3.8, 4) is 0 Å². The van der Waals surface area contributed by atoms with Crippen molar-refractivity contribution in [1.82, 2.24) is 5.43 Å². The molecule has 2 aromatic rings. The first-order valence-electron chi connectivity index (χ1n) is 6.17. The highest BCUT2D eigenvalue weighted by Gasteiger charge is 2.13. The summed E-state index contributed by atoms with van der Waals surface area (Å²) in [5, 5.41) is 0.806. The van der Waals surface area contributed by atoms with Gasteiger partial charge in [0.15, 0.2) is 0 Å². The molecule has 0 spiro atoms. The minimum Gasteiger partial charge on any atom is -0.271 e. The van der Waals surface area contributed by atoms with Crippen LogP contribution in [0.25, 0.3) is 0 Å². The number of benzene rings is 2. The lowest BCUT2D eigenvalue weighted by Gasteiger charge is -2.17. The van der Waals surface area contributed by atoms with Crippen LogP contribution in [-0.2, 0) is 6.42 Å². The van der Waals surface area contributed by atoms with Gasteiger partial charge < -0.3 is 0 Å². The van der Waals surface area contributed by atoms with Crippen LogP contribution in [0, 0.1) is 12.7 Å². The van der Waals surface area contributed by atoms with Gasteiger partial charge in [-0.3, -0.25) is 11.3 Å². The number of halogens is 3. The van der Waals surface area contributed by atoms with Gasteiger partial charge in [0, 0.05) is 5.02 Å². The Morgan fingerprint density at radius 2 is 1.90 bits per heavy atom. The van der Waals surface area contributed by atoms with Gasteiger partial charge >= 0.3 is 0 Å². The molecule has 0 radical (unpaired) electrons. The molecule has 0 fully saturated rings. The van der Waals surface area contributed by atoms with Crippen molar-refractivity contribution in [2.24, 2.45) is 5.84 Å². The molecule has 2 aromatic carbocycles. The molecule has 0 aliphatic rings. The standard InChI is InChI=1S/C15H15Cl2FN2/c1-9-2-4-11(8-12(9)16)15(20-19)7-10-3-5-14(18)13(17)6-10/h2-6,8,15,20H,7,19H2,1H3. The third-order valence-corrected chi connectivity index (χ3v) is 3.92. The van der Waals surface area contributed by atoms with E-state index in [4.69, 9.17) is 29.0 Å². The number of hydrazine groups is 1. The summed E-state index contributed by atoms with van der Waals surface area (Å²) in [5.41, 5.74) is 5.64. The Bertz CT molecular complexity index is 617. The third-order valence-electron chi connectivity index (χ3n) is 3.22. The van der Waals surface area contributed by atoms with E-state index in [9.17, 15) is 4.39 Å². The van der Waals surface area contributed by atoms with Gasteiger partial charge in [-0.05, 0) is 48.2 Å². The van der Waals surface area contributed by atoms with Crippen molar-refractivity contribution >= 4 is 23.2 Å². The van der Waals surface area contributed by atoms with Crippen LogP contribution in [0.2, 0.25) is 10.0 Å². The highest BCUT2D eigenvalue weighted by atomic mass is 35.5. The van der Waals surface area contributed by atoms with E-state index in [2.05, 4.69) is 5.43 Å². The molecule has 0 aliphatic carbocycles. The highest BCUT2D eigenvalue weighted by Crippen LogP contribution is 2.25. The SMILES string of the molecule is Cc1ccc(C(Cc2ccc(F)c(Cl)c2)NN)cc1Cl. The highest BCUT2D eigenvalue weighted by molar-refractivity contribution is 6.31. The van der Waals surface area contributed by atoms with E-state index >= 15 is 0 Å². The maximum atomic E-state index is 13.1. The van der Waals surface area contributed by atoms with Gasteiger partial charge in [0.2, 0.25) is 0 Å². The topological polar surface area (TPSA) is 38.0 Å². The predicted octanol–water partition coefficient (Wildman–Crippen LogP) is 4.19. The molecule has 0 aliphatic heterocycles. The largest absolute Gasteiger partial charge is 0.271 e. The summed E-state index contributed by atoms with van der Waals surface area (Å²) >= 11 is 11.9. The fourth-order valence-corrected chi connectivity index (χ4v) is 2.39. The normalized spacial score (nSPS) is 12.4. The van der Waals surface area contributed by atoms with Crippen molar-refractivity contribution in [3.05, 3.63) is 69.0 Å². The summed E-state index contributed by atoms with van der Waals surface area (Å²) in [7, 11) is 0. The Labute approximate surface area is 127 Å². The average molecular weight is 313 g/mol. The van der Waals surface area contributed by atoms with Crippen molar-refractivity contribution in [1.29, 1.82) is 0 Å². The van der Waals surface area contributed by atoms with E-state index in [1.165, 1.54) is 6.07 Å². The molecule has 0 bridgehead atoms. The zero-order valence-corrected chi connectivity index (χ0v) is 12.5. The Morgan fingerprint density at radius 1 is 1.15 bits per heavy atom. The first-order chi connectivity index (χ1) is 9.51. The molecule has 3 N–H and O–H groups in total. The monoisotopic (exact) mass is 312 g/mol. The van der Waals surface area contributed by atoms with E-state index in [1.807, 2.05) is 25.1 Å². The quantitative estimate of drug-likeness (QED) is 0.656. The maximum Gasteiger partial charge on any atom is 0.141 e. The van der Waals surface area contributed by atoms with E-state index in [1.54, 1.807) is 12.1 Å². The first-order valence-corrected chi connectivity index (χ1v) is 6.93. The molecule has 2 nitrogen and oxygen atoms in total. The van der Waals surface area contributed by atoms with E-state index in [-0.39, 0.29) is 11.1 Å². The molecule has 5 heteroatoms. The second kappa shape index (κ2) is 6.55. The van der Waals surface area contributed by atoms with Crippen LogP contribution in [0.5, 0.6) is 0 Å². The molecule has 1 atom stereocenters. The Hall–Kier alpha value is -1.13. The first kappa shape index (κ1) is 15.3. The molecular weight excluding hydrogens is 298 g/mol. The number of aryl methyl sites for hydroxylation is 1. The lowest BCUT2D eigenvalue weighted by molar-refractivity contribution is 0.551. The zero-order chi connectivity index (χ0) is 14.7. The molecule has 106 valence electrons. The molecule has 0 saturated heterocycles. The van der Waals surface area contributed by atoms with Gasteiger partial charge in [0.25, 0.3) is 0 Å². The summed E-state index contributed by atoms with van der Waals surface area (Å²) < 4.78 is 13.1. The number of hydrogen-bond acceptors (Lipinski definition) is 2. The van der Waals surface area contributed by atoms with Crippen molar-refractivity contribution in [2.75, 3.05) is 0 Å². The van der Waals surface area contributed by atoms with Crippen LogP contribution in [0.1, 0.15) is 22.7 Å². The number of nitrogens with two attached hydrogens (primary N) is 1. The molecule has 0 aromatic heterocycles. The van der Waals surface area contributed by atoms with Gasteiger partial charge in [0.05, 0.1) is 11.1 Å². The maximum absolute atomic E-state index is 13.1. The predicted molar refractivity (Wildman–Crippen MR) is 81.4 cm³/mol. The van der Waals surface area contributed by atoms with E-state index in [0.717, 1.165) is 16.7 Å². The number of rotatable bonds is 4. The van der Waals surface area contributed by atoms with Gasteiger partial charge in [-0.1, -0.05) is 41.4 Å². The van der Waals surface area contributed by atoms with E-state index in [0.29, 0.717) is 11.4 Å². The average Bonchev–Trinajstić information content (AvgIpc) is 2.43. The summed E-state index contributed by atoms with van der Waals surface area (Å²) in [5.74, 6) is 5.18. The Morgan fingerprint density at radius 3 is 2.50 bits per heavy atom. The van der Waals surface area contributed by atoms with E-state index < -0.39 is 5.82 Å². The molecule has 1 unspecified atom stereocenters. The van der Waals surface area contributed by atoms with Gasteiger partial charge in [-0.15, -0.1) is 0 Å². The summed E-state index contributed by atoms with van der Waals surface area (Å²) in [6, 6.07) is 10.3. The second-order valence-corrected chi connectivity index (χ2v) is 5.49. The molecule has 20 heavy (non-hydrogen) atoms. The van der Waals surface area contributed by atoms with Gasteiger partial charge in [-0.2, -0.15) is 0 Å². The molecular formula is C15H15Cl2FN2. The molecule has 2 rings (SSSR count). The van der Waals surface area contributed by atoms with Crippen LogP contribution in [0.15, 0.2) is 36.4 Å². The fraction of sp³-hybridized carbons (Fsp3) is 0.200. The van der Waals surface area contributed by atoms with Crippen LogP contribution < -0.4 is 11.3 Å². The lowest BCUT2D eigenvalue weighted by atomic mass is 9.98. The van der Waals surface area contributed by atoms with Crippen molar-refractivity contribution in [3.63, 3.8) is 0 Å². The number of nitrogens with one attached hydrogen (secondary N) is 1. The minimum atomic E-state index is -0.425. The molecule has 0 amide bonds. The van der Waals surface area contributed by atoms with Crippen LogP contribution in [0.4, 0.5) is 4.39 Å². The van der Waals surface area contributed by atoms with Crippen LogP contribution >= 0.6 is 23.2 Å². The van der Waals surface area contributed by atoms with Crippen molar-refractivity contribution in [2.45, 2.75) is 19.4 Å². The van der Waals surface area contributed by atoms with Gasteiger partial charge in [0.1, 0.15) is 5.82 Å². The summed E-state index contributed by atoms with van der Waals surface area (Å²) in [4.78, 5) is 0. The third kappa shape index (κ3) is 3.49. The zero-order valence-electron chi connectivity index (χ0n) is 11.0. The summed E-state index contributed by atoms with van der Waals surface area (Å²) in [6.45, 7) is 1.94. The van der Waals surface area contributed by atoms with Crippen LogP contribution in [-0.4, -0.2) is 0 Å². The minimum absolute atomic E-state index is 0.111.